The van der Waals surface area contributed by atoms with E-state index in [1.807, 2.05) is 0 Å². The number of urea groups is 1. The van der Waals surface area contributed by atoms with Crippen molar-refractivity contribution in [3.63, 3.8) is 0 Å². The molecule has 2 N–H and O–H groups in total. The van der Waals surface area contributed by atoms with Crippen LogP contribution in [0.1, 0.15) is 26.7 Å². The smallest absolute Gasteiger partial charge is 0.326 e. The Bertz CT molecular complexity index is 794. The number of methoxy groups -OCH3 is 1. The summed E-state index contributed by atoms with van der Waals surface area (Å²) in [6.45, 7) is 2.39. The molecule has 0 unspecified atom stereocenters. The zero-order valence-electron chi connectivity index (χ0n) is 15.8. The Kier molecular flexibility index (Phi) is 6.85. The predicted molar refractivity (Wildman–Crippen MR) is 101 cm³/mol. The van der Waals surface area contributed by atoms with Crippen LogP contribution in [0.2, 0.25) is 5.02 Å². The fourth-order valence-electron chi connectivity index (χ4n) is 2.83. The lowest BCUT2D eigenvalue weighted by Gasteiger charge is -2.22. The second-order valence-electron chi connectivity index (χ2n) is 6.16. The molecule has 0 atom stereocenters. The molecule has 0 radical (unpaired) electrons. The van der Waals surface area contributed by atoms with Crippen LogP contribution in [0.3, 0.4) is 0 Å². The fourth-order valence-corrected chi connectivity index (χ4v) is 3.01. The highest BCUT2D eigenvalue weighted by atomic mass is 35.5. The molecule has 1 heterocycles. The maximum absolute atomic E-state index is 12.4. The zero-order chi connectivity index (χ0) is 20.9. The summed E-state index contributed by atoms with van der Waals surface area (Å²) in [7, 11) is 1.43. The fraction of sp³-hybridized carbons (Fsp3) is 0.444. The normalized spacial score (nSPS) is 15.2. The van der Waals surface area contributed by atoms with Crippen LogP contribution in [0.4, 0.5) is 10.5 Å². The molecule has 4 amide bonds. The first kappa shape index (κ1) is 21.5. The lowest BCUT2D eigenvalue weighted by atomic mass is 9.93. The van der Waals surface area contributed by atoms with Gasteiger partial charge in [0.25, 0.3) is 11.8 Å². The molecule has 152 valence electrons. The Morgan fingerprint density at radius 1 is 1.25 bits per heavy atom. The van der Waals surface area contributed by atoms with Crippen LogP contribution in [0.5, 0.6) is 5.75 Å². The lowest BCUT2D eigenvalue weighted by Crippen LogP contribution is -2.46. The first-order valence-electron chi connectivity index (χ1n) is 8.69. The van der Waals surface area contributed by atoms with Gasteiger partial charge in [-0.2, -0.15) is 0 Å². The van der Waals surface area contributed by atoms with Crippen molar-refractivity contribution in [3.8, 4) is 5.75 Å². The molecule has 0 spiro atoms. The number of anilines is 1. The molecule has 10 heteroatoms. The summed E-state index contributed by atoms with van der Waals surface area (Å²) in [6.07, 6.45) is 0.812. The van der Waals surface area contributed by atoms with Gasteiger partial charge < -0.3 is 20.1 Å². The van der Waals surface area contributed by atoms with Crippen LogP contribution in [0.15, 0.2) is 18.2 Å². The van der Waals surface area contributed by atoms with Crippen molar-refractivity contribution >= 4 is 41.1 Å². The predicted octanol–water partition coefficient (Wildman–Crippen LogP) is 1.94. The van der Waals surface area contributed by atoms with Gasteiger partial charge in [0.05, 0.1) is 12.8 Å². The van der Waals surface area contributed by atoms with Crippen LogP contribution >= 0.6 is 11.6 Å². The maximum atomic E-state index is 12.4. The topological polar surface area (TPSA) is 114 Å². The zero-order valence-corrected chi connectivity index (χ0v) is 16.6. The number of amides is 4. The highest BCUT2D eigenvalue weighted by Gasteiger charge is 2.49. The molecule has 1 aliphatic heterocycles. The number of imide groups is 1. The number of hydrogen-bond acceptors (Lipinski definition) is 6. The Hall–Kier alpha value is -2.81. The first-order chi connectivity index (χ1) is 13.3. The highest BCUT2D eigenvalue weighted by molar-refractivity contribution is 6.31. The molecular formula is C18H22ClN3O6. The Morgan fingerprint density at radius 2 is 1.93 bits per heavy atom. The van der Waals surface area contributed by atoms with Crippen molar-refractivity contribution in [2.75, 3.05) is 25.6 Å². The van der Waals surface area contributed by atoms with E-state index in [0.29, 0.717) is 29.3 Å². The number of nitrogens with zero attached hydrogens (tertiary/aromatic N) is 1. The number of rotatable bonds is 8. The molecule has 28 heavy (non-hydrogen) atoms. The van der Waals surface area contributed by atoms with E-state index < -0.39 is 42.5 Å². The van der Waals surface area contributed by atoms with Crippen LogP contribution in [0.25, 0.3) is 0 Å². The summed E-state index contributed by atoms with van der Waals surface area (Å²) in [6, 6.07) is 4.01. The lowest BCUT2D eigenvalue weighted by molar-refractivity contribution is -0.150. The Balaban J connectivity index is 1.91. The second kappa shape index (κ2) is 8.92. The number of ether oxygens (including phenoxy) is 2. The number of hydrogen-bond donors (Lipinski definition) is 2. The average Bonchev–Trinajstić information content (AvgIpc) is 2.91. The van der Waals surface area contributed by atoms with Crippen molar-refractivity contribution in [2.24, 2.45) is 0 Å². The van der Waals surface area contributed by atoms with Gasteiger partial charge in [-0.25, -0.2) is 4.79 Å². The van der Waals surface area contributed by atoms with Crippen LogP contribution < -0.4 is 15.4 Å². The van der Waals surface area contributed by atoms with Gasteiger partial charge in [-0.15, -0.1) is 0 Å². The molecule has 1 aliphatic rings. The molecule has 0 saturated carbocycles. The number of halogens is 1. The third-order valence-corrected chi connectivity index (χ3v) is 4.78. The van der Waals surface area contributed by atoms with Crippen molar-refractivity contribution in [3.05, 3.63) is 23.2 Å². The van der Waals surface area contributed by atoms with Crippen molar-refractivity contribution < 1.29 is 28.7 Å². The van der Waals surface area contributed by atoms with E-state index in [-0.39, 0.29) is 0 Å². The van der Waals surface area contributed by atoms with Gasteiger partial charge in [0.1, 0.15) is 17.8 Å². The van der Waals surface area contributed by atoms with Crippen LogP contribution in [-0.4, -0.2) is 54.5 Å². The van der Waals surface area contributed by atoms with Gasteiger partial charge in [0, 0.05) is 5.02 Å². The molecule has 2 rings (SSSR count). The minimum atomic E-state index is -1.00. The highest BCUT2D eigenvalue weighted by Crippen LogP contribution is 2.27. The van der Waals surface area contributed by atoms with Gasteiger partial charge in [0.15, 0.2) is 6.61 Å². The number of carbonyl (C=O) groups excluding carboxylic acids is 4. The van der Waals surface area contributed by atoms with Gasteiger partial charge in [-0.1, -0.05) is 25.4 Å². The van der Waals surface area contributed by atoms with Crippen molar-refractivity contribution in [2.45, 2.75) is 32.2 Å². The summed E-state index contributed by atoms with van der Waals surface area (Å²) < 4.78 is 9.99. The third kappa shape index (κ3) is 4.53. The van der Waals surface area contributed by atoms with Gasteiger partial charge in [0.2, 0.25) is 0 Å². The maximum Gasteiger partial charge on any atom is 0.326 e. The average molecular weight is 412 g/mol. The summed E-state index contributed by atoms with van der Waals surface area (Å²) in [5.41, 5.74) is -0.682. The molecule has 1 aromatic rings. The number of carbonyl (C=O) groups is 4. The number of benzene rings is 1. The standard InChI is InChI=1S/C18H22ClN3O6/c1-4-18(5-2)16(25)22(17(26)21-18)9-15(24)28-10-14(23)20-12-8-11(19)6-7-13(12)27-3/h6-8H,4-5,9-10H2,1-3H3,(H,20,23)(H,21,26). The van der Waals surface area contributed by atoms with E-state index in [1.165, 1.54) is 13.2 Å². The van der Waals surface area contributed by atoms with E-state index in [4.69, 9.17) is 21.1 Å². The molecule has 9 nitrogen and oxygen atoms in total. The summed E-state index contributed by atoms with van der Waals surface area (Å²) >= 11 is 5.89. The van der Waals surface area contributed by atoms with Gasteiger partial charge >= 0.3 is 12.0 Å². The monoisotopic (exact) mass is 411 g/mol. The Labute approximate surface area is 167 Å². The largest absolute Gasteiger partial charge is 0.495 e. The molecular weight excluding hydrogens is 390 g/mol. The molecule has 0 bridgehead atoms. The van der Waals surface area contributed by atoms with Gasteiger partial charge in [-0.05, 0) is 31.0 Å². The van der Waals surface area contributed by atoms with E-state index in [1.54, 1.807) is 26.0 Å². The first-order valence-corrected chi connectivity index (χ1v) is 9.07. The SMILES string of the molecule is CCC1(CC)NC(=O)N(CC(=O)OCC(=O)Nc2cc(Cl)ccc2OC)C1=O. The molecule has 1 aromatic carbocycles. The van der Waals surface area contributed by atoms with E-state index >= 15 is 0 Å². The minimum absolute atomic E-state index is 0.320. The molecule has 1 fully saturated rings. The summed E-state index contributed by atoms with van der Waals surface area (Å²) in [4.78, 5) is 49.3. The quantitative estimate of drug-likeness (QED) is 0.499. The van der Waals surface area contributed by atoms with Crippen molar-refractivity contribution in [1.82, 2.24) is 10.2 Å². The Morgan fingerprint density at radius 3 is 2.50 bits per heavy atom. The van der Waals surface area contributed by atoms with E-state index in [0.717, 1.165) is 4.90 Å². The number of nitrogens with one attached hydrogen (secondary N) is 2. The molecule has 0 aromatic heterocycles. The molecule has 0 aliphatic carbocycles. The van der Waals surface area contributed by atoms with Crippen molar-refractivity contribution in [1.29, 1.82) is 0 Å². The van der Waals surface area contributed by atoms with Gasteiger partial charge in [-0.3, -0.25) is 19.3 Å². The van der Waals surface area contributed by atoms with Crippen LogP contribution in [0, 0.1) is 0 Å². The molecule has 1 saturated heterocycles. The third-order valence-electron chi connectivity index (χ3n) is 4.54. The minimum Gasteiger partial charge on any atom is -0.495 e. The second-order valence-corrected chi connectivity index (χ2v) is 6.60. The summed E-state index contributed by atoms with van der Waals surface area (Å²) in [5.74, 6) is -1.59. The number of esters is 1. The van der Waals surface area contributed by atoms with E-state index in [9.17, 15) is 19.2 Å². The van der Waals surface area contributed by atoms with E-state index in [2.05, 4.69) is 10.6 Å². The summed E-state index contributed by atoms with van der Waals surface area (Å²) in [5, 5.41) is 5.52. The van der Waals surface area contributed by atoms with Crippen LogP contribution in [-0.2, 0) is 19.1 Å².